The summed E-state index contributed by atoms with van der Waals surface area (Å²) in [7, 11) is 1.54. The fraction of sp³-hybridized carbons (Fsp3) is 0.107. The van der Waals surface area contributed by atoms with E-state index in [4.69, 9.17) is 11.4 Å². The van der Waals surface area contributed by atoms with E-state index < -0.39 is 0 Å². The van der Waals surface area contributed by atoms with Gasteiger partial charge in [0, 0.05) is 29.2 Å². The summed E-state index contributed by atoms with van der Waals surface area (Å²) in [5, 5.41) is 3.31. The molecule has 0 spiro atoms. The van der Waals surface area contributed by atoms with Crippen LogP contribution in [-0.4, -0.2) is 30.4 Å². The van der Waals surface area contributed by atoms with Crippen LogP contribution in [-0.2, 0) is 4.79 Å². The number of anilines is 1. The topological polar surface area (TPSA) is 62.3 Å². The van der Waals surface area contributed by atoms with Crippen LogP contribution < -0.4 is 10.2 Å². The van der Waals surface area contributed by atoms with Crippen molar-refractivity contribution < 1.29 is 9.59 Å². The molecule has 0 saturated heterocycles. The molecule has 5 heteroatoms. The molecule has 0 radical (unpaired) electrons. The molecule has 0 saturated carbocycles. The minimum absolute atomic E-state index is 0.139. The zero-order valence-electron chi connectivity index (χ0n) is 18.5. The Hall–Kier alpha value is -4.43. The van der Waals surface area contributed by atoms with Gasteiger partial charge in [-0.1, -0.05) is 60.0 Å². The van der Waals surface area contributed by atoms with E-state index in [0.717, 1.165) is 11.1 Å². The Labute approximate surface area is 193 Å². The van der Waals surface area contributed by atoms with Crippen molar-refractivity contribution >= 4 is 28.4 Å². The largest absolute Gasteiger partial charge is 0.358 e. The lowest BCUT2D eigenvalue weighted by atomic mass is 10.0. The molecule has 0 atom stereocenters. The zero-order chi connectivity index (χ0) is 23.4. The number of amides is 2. The quantitative estimate of drug-likeness (QED) is 0.469. The Morgan fingerprint density at radius 3 is 2.48 bits per heavy atom. The number of benzene rings is 3. The van der Waals surface area contributed by atoms with Crippen LogP contribution >= 0.6 is 0 Å². The van der Waals surface area contributed by atoms with Gasteiger partial charge in [0.1, 0.15) is 6.54 Å². The maximum absolute atomic E-state index is 13.9. The minimum atomic E-state index is -0.306. The first-order valence-electron chi connectivity index (χ1n) is 10.6. The summed E-state index contributed by atoms with van der Waals surface area (Å²) in [6.45, 7) is 1.88. The summed E-state index contributed by atoms with van der Waals surface area (Å²) >= 11 is 0. The summed E-state index contributed by atoms with van der Waals surface area (Å²) in [5.74, 6) is 1.99. The molecule has 1 aromatic heterocycles. The average molecular weight is 434 g/mol. The molecule has 4 aromatic rings. The first-order chi connectivity index (χ1) is 16.0. The number of para-hydroxylation sites is 1. The number of terminal acetylenes is 1. The van der Waals surface area contributed by atoms with Crippen LogP contribution in [0.15, 0.2) is 78.9 Å². The highest BCUT2D eigenvalue weighted by molar-refractivity contribution is 6.15. The van der Waals surface area contributed by atoms with Crippen LogP contribution in [0.2, 0.25) is 0 Å². The van der Waals surface area contributed by atoms with E-state index in [9.17, 15) is 9.59 Å². The number of hydrogen-bond acceptors (Lipinski definition) is 3. The molecular weight excluding hydrogens is 410 g/mol. The molecule has 3 aromatic carbocycles. The first-order valence-corrected chi connectivity index (χ1v) is 10.6. The van der Waals surface area contributed by atoms with Crippen molar-refractivity contribution in [1.82, 2.24) is 10.3 Å². The molecule has 0 aliphatic heterocycles. The Morgan fingerprint density at radius 1 is 1.00 bits per heavy atom. The Morgan fingerprint density at radius 2 is 1.76 bits per heavy atom. The number of aryl methyl sites for hydroxylation is 1. The second-order valence-corrected chi connectivity index (χ2v) is 7.70. The molecule has 33 heavy (non-hydrogen) atoms. The molecule has 0 bridgehead atoms. The van der Waals surface area contributed by atoms with Crippen LogP contribution in [0, 0.1) is 19.3 Å². The number of nitrogens with zero attached hydrogens (tertiary/aromatic N) is 2. The van der Waals surface area contributed by atoms with Crippen molar-refractivity contribution in [3.8, 4) is 23.6 Å². The number of fused-ring (bicyclic) bond motifs is 1. The molecule has 0 fully saturated rings. The van der Waals surface area contributed by atoms with Gasteiger partial charge in [0.25, 0.3) is 5.91 Å². The molecule has 2 amide bonds. The molecule has 162 valence electrons. The Kier molecular flexibility index (Phi) is 6.19. The number of hydrogen-bond donors (Lipinski definition) is 1. The van der Waals surface area contributed by atoms with E-state index in [0.29, 0.717) is 33.4 Å². The third kappa shape index (κ3) is 4.60. The lowest BCUT2D eigenvalue weighted by molar-refractivity contribution is -0.119. The van der Waals surface area contributed by atoms with Crippen molar-refractivity contribution in [2.24, 2.45) is 0 Å². The lowest BCUT2D eigenvalue weighted by Crippen LogP contribution is -2.40. The number of pyridine rings is 1. The summed E-state index contributed by atoms with van der Waals surface area (Å²) in [6, 6.07) is 24.3. The summed E-state index contributed by atoms with van der Waals surface area (Å²) < 4.78 is 0. The van der Waals surface area contributed by atoms with E-state index in [-0.39, 0.29) is 18.4 Å². The van der Waals surface area contributed by atoms with Crippen LogP contribution in [0.1, 0.15) is 21.5 Å². The maximum atomic E-state index is 13.9. The van der Waals surface area contributed by atoms with Gasteiger partial charge in [-0.15, -0.1) is 6.42 Å². The first kappa shape index (κ1) is 21.8. The number of carbonyl (C=O) groups is 2. The van der Waals surface area contributed by atoms with Gasteiger partial charge in [0.2, 0.25) is 5.91 Å². The van der Waals surface area contributed by atoms with Gasteiger partial charge in [0.15, 0.2) is 0 Å². The lowest BCUT2D eigenvalue weighted by Gasteiger charge is -2.23. The van der Waals surface area contributed by atoms with Crippen LogP contribution in [0.5, 0.6) is 0 Å². The van der Waals surface area contributed by atoms with E-state index in [1.54, 1.807) is 37.4 Å². The molecular formula is C28H23N3O2. The van der Waals surface area contributed by atoms with Crippen molar-refractivity contribution in [2.75, 3.05) is 18.5 Å². The predicted octanol–water partition coefficient (Wildman–Crippen LogP) is 4.58. The fourth-order valence-electron chi connectivity index (χ4n) is 3.64. The van der Waals surface area contributed by atoms with Gasteiger partial charge in [-0.3, -0.25) is 14.5 Å². The third-order valence-corrected chi connectivity index (χ3v) is 5.44. The van der Waals surface area contributed by atoms with E-state index in [1.165, 1.54) is 4.90 Å². The number of aromatic nitrogens is 1. The zero-order valence-corrected chi connectivity index (χ0v) is 18.5. The third-order valence-electron chi connectivity index (χ3n) is 5.44. The van der Waals surface area contributed by atoms with Crippen LogP contribution in [0.3, 0.4) is 0 Å². The van der Waals surface area contributed by atoms with Gasteiger partial charge in [-0.25, -0.2) is 4.98 Å². The van der Waals surface area contributed by atoms with Gasteiger partial charge in [-0.2, -0.15) is 0 Å². The standard InChI is InChI=1S/C28H23N3O2/c1-4-20-8-7-9-22(16-20)31(18-27(32)29-3)28(33)24-17-26(21-14-12-19(2)13-15-21)30-25-11-6-5-10-23(24)25/h1,5-17H,18H2,2-3H3,(H,29,32). The molecule has 1 heterocycles. The second kappa shape index (κ2) is 9.37. The maximum Gasteiger partial charge on any atom is 0.259 e. The van der Waals surface area contributed by atoms with E-state index in [1.807, 2.05) is 55.5 Å². The van der Waals surface area contributed by atoms with Gasteiger partial charge >= 0.3 is 0 Å². The molecule has 1 N–H and O–H groups in total. The molecule has 0 aliphatic carbocycles. The number of likely N-dealkylation sites (N-methyl/N-ethyl adjacent to an activating group) is 1. The normalized spacial score (nSPS) is 10.5. The average Bonchev–Trinajstić information content (AvgIpc) is 2.86. The Balaban J connectivity index is 1.88. The highest BCUT2D eigenvalue weighted by Crippen LogP contribution is 2.28. The Bertz CT molecular complexity index is 1380. The SMILES string of the molecule is C#Cc1cccc(N(CC(=O)NC)C(=O)c2cc(-c3ccc(C)cc3)nc3ccccc23)c1. The van der Waals surface area contributed by atoms with E-state index >= 15 is 0 Å². The highest BCUT2D eigenvalue weighted by atomic mass is 16.2. The molecule has 4 rings (SSSR count). The minimum Gasteiger partial charge on any atom is -0.358 e. The molecule has 0 aliphatic rings. The smallest absolute Gasteiger partial charge is 0.259 e. The highest BCUT2D eigenvalue weighted by Gasteiger charge is 2.23. The van der Waals surface area contributed by atoms with Gasteiger partial charge in [-0.05, 0) is 37.3 Å². The summed E-state index contributed by atoms with van der Waals surface area (Å²) in [4.78, 5) is 32.4. The summed E-state index contributed by atoms with van der Waals surface area (Å²) in [5.41, 5.74) is 5.09. The van der Waals surface area contributed by atoms with Crippen molar-refractivity contribution in [3.05, 3.63) is 95.6 Å². The van der Waals surface area contributed by atoms with Crippen LogP contribution in [0.25, 0.3) is 22.2 Å². The van der Waals surface area contributed by atoms with Gasteiger partial charge < -0.3 is 5.32 Å². The number of rotatable bonds is 5. The number of nitrogens with one attached hydrogen (secondary N) is 1. The summed E-state index contributed by atoms with van der Waals surface area (Å²) in [6.07, 6.45) is 5.56. The van der Waals surface area contributed by atoms with Crippen molar-refractivity contribution in [3.63, 3.8) is 0 Å². The monoisotopic (exact) mass is 433 g/mol. The second-order valence-electron chi connectivity index (χ2n) is 7.70. The van der Waals surface area contributed by atoms with Gasteiger partial charge in [0.05, 0.1) is 16.8 Å². The van der Waals surface area contributed by atoms with Crippen LogP contribution in [0.4, 0.5) is 5.69 Å². The van der Waals surface area contributed by atoms with Crippen molar-refractivity contribution in [2.45, 2.75) is 6.92 Å². The van der Waals surface area contributed by atoms with E-state index in [2.05, 4.69) is 11.2 Å². The van der Waals surface area contributed by atoms with Crippen molar-refractivity contribution in [1.29, 1.82) is 0 Å². The predicted molar refractivity (Wildman–Crippen MR) is 132 cm³/mol. The number of carbonyl (C=O) groups excluding carboxylic acids is 2. The molecule has 0 unspecified atom stereocenters. The molecule has 5 nitrogen and oxygen atoms in total. The fourth-order valence-corrected chi connectivity index (χ4v) is 3.64.